The summed E-state index contributed by atoms with van der Waals surface area (Å²) in [5, 5.41) is 0.911. The van der Waals surface area contributed by atoms with Crippen LogP contribution in [0.1, 0.15) is 58.7 Å². The number of halogens is 3. The predicted molar refractivity (Wildman–Crippen MR) is 141 cm³/mol. The van der Waals surface area contributed by atoms with Crippen molar-refractivity contribution in [2.24, 2.45) is 0 Å². The van der Waals surface area contributed by atoms with Gasteiger partial charge >= 0.3 is 6.09 Å². The smallest absolute Gasteiger partial charge is 0.410 e. The number of hydrogen-bond acceptors (Lipinski definition) is 6. The van der Waals surface area contributed by atoms with Crippen molar-refractivity contribution in [3.63, 3.8) is 0 Å². The number of carbonyl (C=O) groups excluding carboxylic acids is 1. The Morgan fingerprint density at radius 2 is 1.81 bits per heavy atom. The molecule has 3 saturated carbocycles. The average molecular weight is 581 g/mol. The van der Waals surface area contributed by atoms with E-state index in [1.807, 2.05) is 25.7 Å². The highest BCUT2D eigenvalue weighted by Gasteiger charge is 2.71. The number of hydrogen-bond donors (Lipinski definition) is 0. The van der Waals surface area contributed by atoms with Gasteiger partial charge in [-0.1, -0.05) is 11.6 Å². The number of rotatable bonds is 3. The summed E-state index contributed by atoms with van der Waals surface area (Å²) in [6.45, 7) is 6.90. The van der Waals surface area contributed by atoms with Crippen LogP contribution in [0.25, 0.3) is 10.9 Å². The van der Waals surface area contributed by atoms with Gasteiger partial charge in [0.1, 0.15) is 22.8 Å². The number of ether oxygens (including phenoxy) is 1. The maximum Gasteiger partial charge on any atom is 0.410 e. The van der Waals surface area contributed by atoms with Gasteiger partial charge < -0.3 is 14.5 Å². The van der Waals surface area contributed by atoms with E-state index in [0.29, 0.717) is 34.8 Å². The van der Waals surface area contributed by atoms with Crippen LogP contribution in [0.2, 0.25) is 5.02 Å². The third-order valence-electron chi connectivity index (χ3n) is 8.62. The molecule has 2 atom stereocenters. The van der Waals surface area contributed by atoms with Gasteiger partial charge in [-0.05, 0) is 89.0 Å². The van der Waals surface area contributed by atoms with Crippen molar-refractivity contribution in [3.8, 4) is 0 Å². The molecule has 1 aromatic carbocycles. The molecule has 1 amide bonds. The van der Waals surface area contributed by atoms with Crippen LogP contribution in [0.15, 0.2) is 10.5 Å². The van der Waals surface area contributed by atoms with E-state index < -0.39 is 11.4 Å². The molecule has 7 nitrogen and oxygen atoms in total. The number of nitrogens with zero attached hydrogens (tertiary/aromatic N) is 5. The number of fused-ring (bicyclic) bond motifs is 3. The second-order valence-electron chi connectivity index (χ2n) is 12.4. The Morgan fingerprint density at radius 3 is 2.36 bits per heavy atom. The molecule has 2 aromatic rings. The van der Waals surface area contributed by atoms with E-state index in [1.54, 1.807) is 6.07 Å². The van der Waals surface area contributed by atoms with Crippen molar-refractivity contribution < 1.29 is 13.9 Å². The van der Waals surface area contributed by atoms with E-state index >= 15 is 4.39 Å². The minimum absolute atomic E-state index is 0.0230. The summed E-state index contributed by atoms with van der Waals surface area (Å²) in [5.74, 6) is 0.989. The minimum atomic E-state index is -0.542. The monoisotopic (exact) mass is 579 g/mol. The number of carbonyl (C=O) groups is 1. The lowest BCUT2D eigenvalue weighted by Crippen LogP contribution is -2.75. The molecule has 194 valence electrons. The number of amides is 1. The van der Waals surface area contributed by atoms with E-state index in [2.05, 4.69) is 39.8 Å². The summed E-state index contributed by atoms with van der Waals surface area (Å²) in [5.41, 5.74) is -0.115. The Morgan fingerprint density at radius 1 is 1.19 bits per heavy atom. The lowest BCUT2D eigenvalue weighted by molar-refractivity contribution is -0.155. The van der Waals surface area contributed by atoms with Crippen molar-refractivity contribution in [2.75, 3.05) is 32.1 Å². The summed E-state index contributed by atoms with van der Waals surface area (Å²) >= 11 is 9.69. The highest BCUT2D eigenvalue weighted by Crippen LogP contribution is 2.69. The third kappa shape index (κ3) is 3.56. The highest BCUT2D eigenvalue weighted by atomic mass is 79.9. The lowest BCUT2D eigenvalue weighted by Gasteiger charge is -2.72. The maximum atomic E-state index is 15.5. The number of anilines is 1. The molecular weight excluding hydrogens is 549 g/mol. The number of benzene rings is 1. The van der Waals surface area contributed by atoms with Crippen molar-refractivity contribution in [1.29, 1.82) is 0 Å². The molecule has 5 aliphatic rings. The van der Waals surface area contributed by atoms with Gasteiger partial charge in [-0.3, -0.25) is 4.90 Å². The average Bonchev–Trinajstić information content (AvgIpc) is 2.99. The summed E-state index contributed by atoms with van der Waals surface area (Å²) in [4.78, 5) is 29.3. The molecule has 4 bridgehead atoms. The third-order valence-corrected chi connectivity index (χ3v) is 9.92. The molecular formula is C26H32BrClFN5O2. The van der Waals surface area contributed by atoms with Gasteiger partial charge in [0.05, 0.1) is 21.6 Å². The normalized spacial score (nSPS) is 31.0. The fourth-order valence-electron chi connectivity index (χ4n) is 6.77. The molecule has 7 rings (SSSR count). The number of aromatic nitrogens is 2. The molecule has 2 unspecified atom stereocenters. The molecule has 0 radical (unpaired) electrons. The Bertz CT molecular complexity index is 1250. The van der Waals surface area contributed by atoms with Crippen LogP contribution >= 0.6 is 27.5 Å². The minimum Gasteiger partial charge on any atom is -0.444 e. The standard InChI is InChI=1S/C26H32BrClFN5O2/c1-24(2,3)36-23(35)34-14-6-7-15(34)10-33(9-14)21-16-8-17(28)18(27)19(29)20(16)30-22(31-21)25-11-26(12-25,13-25)32(4)5/h8,14-15H,6-7,9-13H2,1-5H3. The molecule has 36 heavy (non-hydrogen) atoms. The first-order valence-corrected chi connectivity index (χ1v) is 13.8. The van der Waals surface area contributed by atoms with Crippen molar-refractivity contribution in [3.05, 3.63) is 27.2 Å². The van der Waals surface area contributed by atoms with Crippen LogP contribution in [0.4, 0.5) is 15.0 Å². The maximum absolute atomic E-state index is 15.5. The van der Waals surface area contributed by atoms with E-state index in [-0.39, 0.29) is 33.6 Å². The van der Waals surface area contributed by atoms with Gasteiger partial charge in [0.2, 0.25) is 0 Å². The Balaban J connectivity index is 1.38. The molecule has 3 aliphatic carbocycles. The largest absolute Gasteiger partial charge is 0.444 e. The van der Waals surface area contributed by atoms with Crippen LogP contribution in [-0.2, 0) is 10.2 Å². The predicted octanol–water partition coefficient (Wildman–Crippen LogP) is 5.51. The van der Waals surface area contributed by atoms with Gasteiger partial charge in [0.25, 0.3) is 0 Å². The zero-order valence-electron chi connectivity index (χ0n) is 21.4. The first-order valence-electron chi connectivity index (χ1n) is 12.6. The van der Waals surface area contributed by atoms with Gasteiger partial charge in [-0.2, -0.15) is 0 Å². The molecule has 1 aromatic heterocycles. The lowest BCUT2D eigenvalue weighted by atomic mass is 9.38. The SMILES string of the molecule is CN(C)C12CC(c3nc(N4CC5CCC(C4)N5C(=O)OC(C)(C)C)c4cc(Cl)c(Br)c(F)c4n3)(C1)C2. The second-order valence-corrected chi connectivity index (χ2v) is 13.6. The molecule has 2 saturated heterocycles. The highest BCUT2D eigenvalue weighted by molar-refractivity contribution is 9.10. The van der Waals surface area contributed by atoms with Crippen LogP contribution in [-0.4, -0.2) is 76.3 Å². The van der Waals surface area contributed by atoms with Crippen molar-refractivity contribution in [2.45, 2.75) is 81.5 Å². The topological polar surface area (TPSA) is 61.8 Å². The van der Waals surface area contributed by atoms with Gasteiger partial charge in [-0.15, -0.1) is 0 Å². The Labute approximate surface area is 224 Å². The van der Waals surface area contributed by atoms with Gasteiger partial charge in [-0.25, -0.2) is 19.2 Å². The summed E-state index contributed by atoms with van der Waals surface area (Å²) < 4.78 is 21.4. The number of piperazine rings is 1. The molecule has 5 fully saturated rings. The second kappa shape index (κ2) is 7.90. The molecule has 3 heterocycles. The van der Waals surface area contributed by atoms with Crippen molar-refractivity contribution >= 4 is 50.3 Å². The van der Waals surface area contributed by atoms with E-state index in [1.165, 1.54) is 0 Å². The van der Waals surface area contributed by atoms with Crippen LogP contribution in [0.3, 0.4) is 0 Å². The van der Waals surface area contributed by atoms with Crippen molar-refractivity contribution in [1.82, 2.24) is 19.8 Å². The van der Waals surface area contributed by atoms with Gasteiger partial charge in [0, 0.05) is 29.4 Å². The quantitative estimate of drug-likeness (QED) is 0.447. The zero-order valence-corrected chi connectivity index (χ0v) is 23.7. The molecule has 0 spiro atoms. The summed E-state index contributed by atoms with van der Waals surface area (Å²) in [6.07, 6.45) is 4.53. The van der Waals surface area contributed by atoms with Crippen LogP contribution in [0.5, 0.6) is 0 Å². The van der Waals surface area contributed by atoms with Gasteiger partial charge in [0.15, 0.2) is 5.82 Å². The first-order chi connectivity index (χ1) is 16.8. The first kappa shape index (κ1) is 24.6. The molecule has 10 heteroatoms. The summed E-state index contributed by atoms with van der Waals surface area (Å²) in [7, 11) is 4.24. The molecule has 2 aliphatic heterocycles. The fraction of sp³-hybridized carbons (Fsp3) is 0.654. The Hall–Kier alpha value is -1.71. The van der Waals surface area contributed by atoms with Crippen LogP contribution < -0.4 is 4.90 Å². The Kier molecular flexibility index (Phi) is 5.40. The molecule has 0 N–H and O–H groups in total. The van der Waals surface area contributed by atoms with E-state index in [0.717, 1.165) is 37.9 Å². The van der Waals surface area contributed by atoms with E-state index in [9.17, 15) is 4.79 Å². The fourth-order valence-corrected chi connectivity index (χ4v) is 7.26. The summed E-state index contributed by atoms with van der Waals surface area (Å²) in [6, 6.07) is 1.80. The zero-order chi connectivity index (χ0) is 25.8. The van der Waals surface area contributed by atoms with E-state index in [4.69, 9.17) is 26.3 Å². The van der Waals surface area contributed by atoms with Crippen LogP contribution in [0, 0.1) is 5.82 Å².